The van der Waals surface area contributed by atoms with Gasteiger partial charge in [-0.2, -0.15) is 5.26 Å². The van der Waals surface area contributed by atoms with E-state index in [-0.39, 0.29) is 17.5 Å². The maximum atomic E-state index is 12.1. The molecule has 0 saturated heterocycles. The molecule has 0 radical (unpaired) electrons. The zero-order valence-electron chi connectivity index (χ0n) is 12.1. The Morgan fingerprint density at radius 1 is 1.43 bits per heavy atom. The van der Waals surface area contributed by atoms with Crippen molar-refractivity contribution in [2.75, 3.05) is 10.5 Å². The monoisotopic (exact) mass is 306 g/mol. The molecule has 1 aliphatic carbocycles. The van der Waals surface area contributed by atoms with Gasteiger partial charge >= 0.3 is 0 Å². The molecule has 6 heteroatoms. The number of hydrogen-bond acceptors (Lipinski definition) is 4. The van der Waals surface area contributed by atoms with Gasteiger partial charge < -0.3 is 0 Å². The van der Waals surface area contributed by atoms with Crippen LogP contribution in [0.25, 0.3) is 0 Å². The Balaban J connectivity index is 2.38. The Kier molecular flexibility index (Phi) is 4.33. The van der Waals surface area contributed by atoms with Gasteiger partial charge in [0.2, 0.25) is 10.0 Å². The van der Waals surface area contributed by atoms with Gasteiger partial charge in [0.25, 0.3) is 0 Å². The summed E-state index contributed by atoms with van der Waals surface area (Å²) in [5.41, 5.74) is 2.30. The van der Waals surface area contributed by atoms with Gasteiger partial charge in [-0.05, 0) is 43.5 Å². The van der Waals surface area contributed by atoms with Crippen molar-refractivity contribution in [3.8, 4) is 6.07 Å². The second-order valence-corrected chi connectivity index (χ2v) is 7.29. The van der Waals surface area contributed by atoms with Gasteiger partial charge in [-0.15, -0.1) is 0 Å². The Labute approximate surface area is 125 Å². The number of ketones is 1. The standard InChI is InChI=1S/C15H18N2O3S/c1-3-21(19,20)17-12-5-6-13-11(8-12)4-7-14(18)15(13)10(2)9-16/h5-6,8,10,15,17H,3-4,7H2,1-2H3/t10-,15-/m0/s1. The molecule has 1 aromatic carbocycles. The second kappa shape index (κ2) is 5.86. The third kappa shape index (κ3) is 3.24. The van der Waals surface area contributed by atoms with Gasteiger partial charge in [-0.25, -0.2) is 8.42 Å². The first kappa shape index (κ1) is 15.5. The minimum Gasteiger partial charge on any atom is -0.299 e. The molecule has 1 aromatic rings. The SMILES string of the molecule is CCS(=O)(=O)Nc1ccc2c(c1)CCC(=O)[C@H]2[C@@H](C)C#N. The van der Waals surface area contributed by atoms with Crippen molar-refractivity contribution in [2.45, 2.75) is 32.6 Å². The molecule has 1 aliphatic rings. The number of Topliss-reactive ketones (excluding diaryl/α,β-unsaturated/α-hetero) is 1. The lowest BCUT2D eigenvalue weighted by molar-refractivity contribution is -0.121. The Bertz CT molecular complexity index is 704. The van der Waals surface area contributed by atoms with Gasteiger partial charge in [0.15, 0.2) is 0 Å². The lowest BCUT2D eigenvalue weighted by Gasteiger charge is -2.26. The maximum absolute atomic E-state index is 12.1. The van der Waals surface area contributed by atoms with E-state index < -0.39 is 15.9 Å². The highest BCUT2D eigenvalue weighted by molar-refractivity contribution is 7.92. The molecule has 0 heterocycles. The molecule has 5 nitrogen and oxygen atoms in total. The molecule has 0 spiro atoms. The van der Waals surface area contributed by atoms with Crippen LogP contribution in [-0.2, 0) is 21.2 Å². The van der Waals surface area contributed by atoms with Crippen molar-refractivity contribution < 1.29 is 13.2 Å². The summed E-state index contributed by atoms with van der Waals surface area (Å²) in [6.07, 6.45) is 0.984. The predicted molar refractivity (Wildman–Crippen MR) is 80.4 cm³/mol. The van der Waals surface area contributed by atoms with Crippen molar-refractivity contribution in [2.24, 2.45) is 5.92 Å². The van der Waals surface area contributed by atoms with Gasteiger partial charge in [0, 0.05) is 12.1 Å². The Morgan fingerprint density at radius 2 is 2.14 bits per heavy atom. The quantitative estimate of drug-likeness (QED) is 0.924. The molecule has 0 amide bonds. The summed E-state index contributed by atoms with van der Waals surface area (Å²) in [6.45, 7) is 3.31. The van der Waals surface area contributed by atoms with E-state index in [1.807, 2.05) is 0 Å². The van der Waals surface area contributed by atoms with Crippen LogP contribution in [-0.4, -0.2) is 20.0 Å². The van der Waals surface area contributed by atoms with Crippen LogP contribution >= 0.6 is 0 Å². The number of fused-ring (bicyclic) bond motifs is 1. The fraction of sp³-hybridized carbons (Fsp3) is 0.467. The maximum Gasteiger partial charge on any atom is 0.232 e. The summed E-state index contributed by atoms with van der Waals surface area (Å²) in [6, 6.07) is 7.32. The number of aryl methyl sites for hydroxylation is 1. The van der Waals surface area contributed by atoms with Crippen molar-refractivity contribution in [3.63, 3.8) is 0 Å². The third-order valence-corrected chi connectivity index (χ3v) is 5.13. The smallest absolute Gasteiger partial charge is 0.232 e. The minimum absolute atomic E-state index is 0.0106. The summed E-state index contributed by atoms with van der Waals surface area (Å²) >= 11 is 0. The molecule has 0 aliphatic heterocycles. The number of rotatable bonds is 4. The van der Waals surface area contributed by atoms with E-state index in [4.69, 9.17) is 5.26 Å². The molecule has 21 heavy (non-hydrogen) atoms. The highest BCUT2D eigenvalue weighted by atomic mass is 32.2. The molecule has 112 valence electrons. The molecule has 0 fully saturated rings. The first-order valence-electron chi connectivity index (χ1n) is 6.93. The summed E-state index contributed by atoms with van der Waals surface area (Å²) in [7, 11) is -3.31. The number of carbonyl (C=O) groups is 1. The number of nitrogens with one attached hydrogen (secondary N) is 1. The van der Waals surface area contributed by atoms with E-state index >= 15 is 0 Å². The number of nitriles is 1. The normalized spacial score (nSPS) is 19.5. The number of hydrogen-bond donors (Lipinski definition) is 1. The summed E-state index contributed by atoms with van der Waals surface area (Å²) in [4.78, 5) is 12.1. The highest BCUT2D eigenvalue weighted by Gasteiger charge is 2.32. The molecule has 0 bridgehead atoms. The number of benzene rings is 1. The van der Waals surface area contributed by atoms with Gasteiger partial charge in [-0.1, -0.05) is 6.07 Å². The van der Waals surface area contributed by atoms with Crippen LogP contribution in [0.1, 0.15) is 37.3 Å². The predicted octanol–water partition coefficient (Wildman–Crippen LogP) is 2.21. The van der Waals surface area contributed by atoms with E-state index in [2.05, 4.69) is 10.8 Å². The average Bonchev–Trinajstić information content (AvgIpc) is 2.46. The molecule has 2 atom stereocenters. The fourth-order valence-electron chi connectivity index (χ4n) is 2.65. The van der Waals surface area contributed by atoms with E-state index in [1.54, 1.807) is 32.0 Å². The van der Waals surface area contributed by atoms with Crippen molar-refractivity contribution in [1.29, 1.82) is 5.26 Å². The molecular formula is C15H18N2O3S. The lowest BCUT2D eigenvalue weighted by Crippen LogP contribution is -2.25. The average molecular weight is 306 g/mol. The van der Waals surface area contributed by atoms with Crippen LogP contribution in [0.3, 0.4) is 0 Å². The van der Waals surface area contributed by atoms with E-state index in [1.165, 1.54) is 0 Å². The van der Waals surface area contributed by atoms with Crippen molar-refractivity contribution in [1.82, 2.24) is 0 Å². The number of anilines is 1. The fourth-order valence-corrected chi connectivity index (χ4v) is 3.28. The third-order valence-electron chi connectivity index (χ3n) is 3.82. The van der Waals surface area contributed by atoms with E-state index in [0.717, 1.165) is 11.1 Å². The van der Waals surface area contributed by atoms with Crippen LogP contribution in [0.15, 0.2) is 18.2 Å². The van der Waals surface area contributed by atoms with Crippen LogP contribution in [0.2, 0.25) is 0 Å². The van der Waals surface area contributed by atoms with Crippen molar-refractivity contribution in [3.05, 3.63) is 29.3 Å². The number of nitrogens with zero attached hydrogens (tertiary/aromatic N) is 1. The van der Waals surface area contributed by atoms with Gasteiger partial charge in [0.05, 0.1) is 23.7 Å². The zero-order chi connectivity index (χ0) is 15.6. The molecular weight excluding hydrogens is 288 g/mol. The summed E-state index contributed by atoms with van der Waals surface area (Å²) < 4.78 is 25.7. The Hall–Kier alpha value is -1.87. The van der Waals surface area contributed by atoms with Gasteiger partial charge in [-0.3, -0.25) is 9.52 Å². The van der Waals surface area contributed by atoms with E-state index in [9.17, 15) is 13.2 Å². The largest absolute Gasteiger partial charge is 0.299 e. The number of sulfonamides is 1. The molecule has 1 N–H and O–H groups in total. The molecule has 2 rings (SSSR count). The highest BCUT2D eigenvalue weighted by Crippen LogP contribution is 2.35. The lowest BCUT2D eigenvalue weighted by atomic mass is 9.76. The summed E-state index contributed by atoms with van der Waals surface area (Å²) in [5, 5.41) is 9.08. The molecule has 0 saturated carbocycles. The molecule has 0 aromatic heterocycles. The van der Waals surface area contributed by atoms with Crippen molar-refractivity contribution >= 4 is 21.5 Å². The first-order chi connectivity index (χ1) is 9.88. The first-order valence-corrected chi connectivity index (χ1v) is 8.59. The van der Waals surface area contributed by atoms with Crippen LogP contribution in [0, 0.1) is 17.2 Å². The number of carbonyl (C=O) groups excluding carboxylic acids is 1. The topological polar surface area (TPSA) is 87.0 Å². The van der Waals surface area contributed by atoms with E-state index in [0.29, 0.717) is 18.5 Å². The Morgan fingerprint density at radius 3 is 2.76 bits per heavy atom. The molecule has 0 unspecified atom stereocenters. The minimum atomic E-state index is -3.31. The second-order valence-electron chi connectivity index (χ2n) is 5.28. The van der Waals surface area contributed by atoms with Crippen LogP contribution < -0.4 is 4.72 Å². The summed E-state index contributed by atoms with van der Waals surface area (Å²) in [5.74, 6) is -0.694. The van der Waals surface area contributed by atoms with Crippen LogP contribution in [0.5, 0.6) is 0 Å². The van der Waals surface area contributed by atoms with Gasteiger partial charge in [0.1, 0.15) is 5.78 Å². The van der Waals surface area contributed by atoms with Crippen LogP contribution in [0.4, 0.5) is 5.69 Å². The zero-order valence-corrected chi connectivity index (χ0v) is 12.9.